The molecule has 104 valence electrons. The Balaban J connectivity index is 2.94. The largest absolute Gasteiger partial charge is 0.481 e. The van der Waals surface area contributed by atoms with Gasteiger partial charge in [-0.15, -0.1) is 0 Å². The molecule has 2 atom stereocenters. The lowest BCUT2D eigenvalue weighted by atomic mass is 10.1. The molecule has 7 heteroatoms. The minimum Gasteiger partial charge on any atom is -0.481 e. The van der Waals surface area contributed by atoms with Gasteiger partial charge < -0.3 is 19.9 Å². The number of hydrogen-bond acceptors (Lipinski definition) is 6. The lowest BCUT2D eigenvalue weighted by Crippen LogP contribution is -2.42. The van der Waals surface area contributed by atoms with Crippen LogP contribution in [0.1, 0.15) is 18.7 Å². The van der Waals surface area contributed by atoms with Crippen LogP contribution in [-0.4, -0.2) is 42.2 Å². The van der Waals surface area contributed by atoms with Crippen LogP contribution in [0.3, 0.4) is 0 Å². The van der Waals surface area contributed by atoms with E-state index in [9.17, 15) is 14.7 Å². The molecule has 1 heterocycles. The van der Waals surface area contributed by atoms with Crippen molar-refractivity contribution in [2.75, 3.05) is 13.7 Å². The van der Waals surface area contributed by atoms with Gasteiger partial charge in [-0.25, -0.2) is 9.78 Å². The molecular formula is C12H16N2O5. The number of rotatable bonds is 7. The summed E-state index contributed by atoms with van der Waals surface area (Å²) in [6, 6.07) is 3.53. The van der Waals surface area contributed by atoms with Gasteiger partial charge in [0.05, 0.1) is 19.4 Å². The molecule has 0 fully saturated rings. The number of aliphatic hydroxyl groups is 1. The molecule has 1 aromatic rings. The molecule has 7 nitrogen and oxygen atoms in total. The lowest BCUT2D eigenvalue weighted by Gasteiger charge is -2.20. The van der Waals surface area contributed by atoms with Crippen LogP contribution in [0.15, 0.2) is 18.2 Å². The third-order valence-electron chi connectivity index (χ3n) is 2.36. The Labute approximate surface area is 110 Å². The summed E-state index contributed by atoms with van der Waals surface area (Å²) in [7, 11) is 1.44. The molecule has 0 saturated carbocycles. The second-order valence-electron chi connectivity index (χ2n) is 3.56. The van der Waals surface area contributed by atoms with Crippen molar-refractivity contribution in [1.29, 1.82) is 0 Å². The van der Waals surface area contributed by atoms with E-state index < -0.39 is 18.1 Å². The second-order valence-corrected chi connectivity index (χ2v) is 3.56. The predicted octanol–water partition coefficient (Wildman–Crippen LogP) is -0.199. The van der Waals surface area contributed by atoms with Gasteiger partial charge in [0.15, 0.2) is 6.04 Å². The van der Waals surface area contributed by atoms with E-state index in [1.165, 1.54) is 13.2 Å². The summed E-state index contributed by atoms with van der Waals surface area (Å²) >= 11 is 0. The molecule has 2 unspecified atom stereocenters. The summed E-state index contributed by atoms with van der Waals surface area (Å²) < 4.78 is 9.70. The number of hydrogen-bond donors (Lipinski definition) is 2. The maximum Gasteiger partial charge on any atom is 0.331 e. The molecule has 0 spiro atoms. The third kappa shape index (κ3) is 3.92. The Bertz CT molecular complexity index is 438. The van der Waals surface area contributed by atoms with Crippen molar-refractivity contribution in [3.05, 3.63) is 23.9 Å². The number of pyridine rings is 1. The number of aliphatic hydroxyl groups excluding tert-OH is 1. The molecule has 0 aliphatic heterocycles. The van der Waals surface area contributed by atoms with Gasteiger partial charge in [-0.3, -0.25) is 4.79 Å². The fourth-order valence-corrected chi connectivity index (χ4v) is 1.47. The topological polar surface area (TPSA) is 97.8 Å². The van der Waals surface area contributed by atoms with E-state index in [0.29, 0.717) is 12.3 Å². The molecule has 0 aliphatic carbocycles. The molecule has 0 aromatic carbocycles. The number of nitrogens with one attached hydrogen (secondary N) is 1. The van der Waals surface area contributed by atoms with Crippen LogP contribution >= 0.6 is 0 Å². The Hall–Kier alpha value is -2.15. The highest BCUT2D eigenvalue weighted by Crippen LogP contribution is 2.18. The van der Waals surface area contributed by atoms with E-state index in [-0.39, 0.29) is 12.3 Å². The molecule has 0 saturated heterocycles. The van der Waals surface area contributed by atoms with Gasteiger partial charge >= 0.3 is 5.97 Å². The molecule has 1 aromatic heterocycles. The van der Waals surface area contributed by atoms with E-state index in [2.05, 4.69) is 10.3 Å². The number of carbonyl (C=O) groups is 2. The van der Waals surface area contributed by atoms with Gasteiger partial charge in [0.25, 0.3) is 0 Å². The van der Waals surface area contributed by atoms with Crippen molar-refractivity contribution in [2.45, 2.75) is 19.1 Å². The quantitative estimate of drug-likeness (QED) is 0.525. The normalized spacial score (nSPS) is 13.2. The van der Waals surface area contributed by atoms with Crippen LogP contribution in [-0.2, 0) is 14.3 Å². The minimum atomic E-state index is -1.32. The van der Waals surface area contributed by atoms with E-state index >= 15 is 0 Å². The smallest absolute Gasteiger partial charge is 0.331 e. The summed E-state index contributed by atoms with van der Waals surface area (Å²) in [6.07, 6.45) is -0.996. The summed E-state index contributed by atoms with van der Waals surface area (Å²) in [5.74, 6) is -0.433. The van der Waals surface area contributed by atoms with Gasteiger partial charge in [0, 0.05) is 6.07 Å². The number of methoxy groups -OCH3 is 1. The van der Waals surface area contributed by atoms with Gasteiger partial charge in [-0.1, -0.05) is 6.07 Å². The number of esters is 1. The average Bonchev–Trinajstić information content (AvgIpc) is 2.44. The standard InChI is InChI=1S/C12H16N2O5/c1-3-19-12(17)10(13-7-15)11(16)8-5-4-6-9(14-8)18-2/h4-7,10-11,16H,3H2,1-2H3,(H,13,15). The first-order chi connectivity index (χ1) is 9.13. The third-order valence-corrected chi connectivity index (χ3v) is 2.36. The van der Waals surface area contributed by atoms with Crippen LogP contribution in [0.25, 0.3) is 0 Å². The van der Waals surface area contributed by atoms with Crippen molar-refractivity contribution in [3.8, 4) is 5.88 Å². The van der Waals surface area contributed by atoms with Crippen LogP contribution in [0, 0.1) is 0 Å². The number of nitrogens with zero attached hydrogens (tertiary/aromatic N) is 1. The molecular weight excluding hydrogens is 252 g/mol. The highest BCUT2D eigenvalue weighted by atomic mass is 16.5. The molecule has 0 aliphatic rings. The summed E-state index contributed by atoms with van der Waals surface area (Å²) in [5, 5.41) is 12.3. The zero-order valence-electron chi connectivity index (χ0n) is 10.7. The fraction of sp³-hybridized carbons (Fsp3) is 0.417. The number of ether oxygens (including phenoxy) is 2. The van der Waals surface area contributed by atoms with Crippen LogP contribution < -0.4 is 10.1 Å². The number of carbonyl (C=O) groups excluding carboxylic acids is 2. The van der Waals surface area contributed by atoms with Crippen molar-refractivity contribution >= 4 is 12.4 Å². The molecule has 0 bridgehead atoms. The Morgan fingerprint density at radius 3 is 2.89 bits per heavy atom. The summed E-state index contributed by atoms with van der Waals surface area (Å²) in [5.41, 5.74) is 0.201. The number of aromatic nitrogens is 1. The van der Waals surface area contributed by atoms with E-state index in [0.717, 1.165) is 0 Å². The van der Waals surface area contributed by atoms with Crippen molar-refractivity contribution in [3.63, 3.8) is 0 Å². The first-order valence-electron chi connectivity index (χ1n) is 5.69. The van der Waals surface area contributed by atoms with E-state index in [4.69, 9.17) is 9.47 Å². The highest BCUT2D eigenvalue weighted by Gasteiger charge is 2.30. The first-order valence-corrected chi connectivity index (χ1v) is 5.69. The highest BCUT2D eigenvalue weighted by molar-refractivity contribution is 5.79. The van der Waals surface area contributed by atoms with Crippen LogP contribution in [0.2, 0.25) is 0 Å². The Morgan fingerprint density at radius 1 is 1.58 bits per heavy atom. The summed E-state index contributed by atoms with van der Waals surface area (Å²) in [6.45, 7) is 1.78. The second kappa shape index (κ2) is 7.32. The van der Waals surface area contributed by atoms with E-state index in [1.807, 2.05) is 0 Å². The first kappa shape index (κ1) is 14.9. The maximum absolute atomic E-state index is 11.6. The maximum atomic E-state index is 11.6. The zero-order valence-corrected chi connectivity index (χ0v) is 10.7. The van der Waals surface area contributed by atoms with Gasteiger partial charge in [0.2, 0.25) is 12.3 Å². The zero-order chi connectivity index (χ0) is 14.3. The Morgan fingerprint density at radius 2 is 2.32 bits per heavy atom. The van der Waals surface area contributed by atoms with Gasteiger partial charge in [-0.05, 0) is 13.0 Å². The Kier molecular flexibility index (Phi) is 5.74. The number of amides is 1. The molecule has 1 rings (SSSR count). The summed E-state index contributed by atoms with van der Waals surface area (Å²) in [4.78, 5) is 26.1. The lowest BCUT2D eigenvalue weighted by molar-refractivity contribution is -0.150. The van der Waals surface area contributed by atoms with Gasteiger partial charge in [-0.2, -0.15) is 0 Å². The van der Waals surface area contributed by atoms with Crippen LogP contribution in [0.5, 0.6) is 5.88 Å². The monoisotopic (exact) mass is 268 g/mol. The molecule has 19 heavy (non-hydrogen) atoms. The SMILES string of the molecule is CCOC(=O)C(NC=O)C(O)c1cccc(OC)n1. The minimum absolute atomic E-state index is 0.147. The van der Waals surface area contributed by atoms with Gasteiger partial charge in [0.1, 0.15) is 6.10 Å². The average molecular weight is 268 g/mol. The molecule has 0 radical (unpaired) electrons. The van der Waals surface area contributed by atoms with Crippen LogP contribution in [0.4, 0.5) is 0 Å². The molecule has 1 amide bonds. The van der Waals surface area contributed by atoms with Crippen molar-refractivity contribution in [2.24, 2.45) is 0 Å². The molecule has 2 N–H and O–H groups in total. The van der Waals surface area contributed by atoms with Crippen molar-refractivity contribution in [1.82, 2.24) is 10.3 Å². The van der Waals surface area contributed by atoms with Crippen molar-refractivity contribution < 1.29 is 24.2 Å². The van der Waals surface area contributed by atoms with E-state index in [1.54, 1.807) is 19.1 Å². The predicted molar refractivity (Wildman–Crippen MR) is 65.4 cm³/mol. The fourth-order valence-electron chi connectivity index (χ4n) is 1.47.